The molecule has 22 heavy (non-hydrogen) atoms. The van der Waals surface area contributed by atoms with Gasteiger partial charge in [0.1, 0.15) is 5.75 Å². The van der Waals surface area contributed by atoms with E-state index in [1.165, 1.54) is 12.1 Å². The Kier molecular flexibility index (Phi) is 6.49. The number of hydrogen-bond donors (Lipinski definition) is 2. The van der Waals surface area contributed by atoms with Crippen molar-refractivity contribution in [2.24, 2.45) is 11.7 Å². The van der Waals surface area contributed by atoms with Crippen molar-refractivity contribution in [3.8, 4) is 5.75 Å². The molecular formula is C14H18ClF3N2O2. The number of benzene rings is 1. The third-order valence-electron chi connectivity index (χ3n) is 3.38. The number of amides is 1. The van der Waals surface area contributed by atoms with Crippen molar-refractivity contribution in [1.82, 2.24) is 0 Å². The fourth-order valence-electron chi connectivity index (χ4n) is 2.34. The van der Waals surface area contributed by atoms with Gasteiger partial charge in [0.25, 0.3) is 0 Å². The summed E-state index contributed by atoms with van der Waals surface area (Å²) < 4.78 is 41.3. The predicted octanol–water partition coefficient (Wildman–Crippen LogP) is 3.12. The minimum atomic E-state index is -4.42. The number of carbonyl (C=O) groups is 1. The first kappa shape index (κ1) is 18.6. The van der Waals surface area contributed by atoms with Crippen molar-refractivity contribution in [3.63, 3.8) is 0 Å². The first-order valence-corrected chi connectivity index (χ1v) is 6.70. The van der Waals surface area contributed by atoms with E-state index in [9.17, 15) is 18.0 Å². The Morgan fingerprint density at radius 3 is 2.59 bits per heavy atom. The van der Waals surface area contributed by atoms with Crippen LogP contribution in [0.4, 0.5) is 18.9 Å². The zero-order chi connectivity index (χ0) is 15.5. The molecule has 3 N–H and O–H groups in total. The molecule has 0 heterocycles. The number of halogens is 4. The third kappa shape index (κ3) is 5.38. The van der Waals surface area contributed by atoms with Crippen LogP contribution in [0.25, 0.3) is 0 Å². The van der Waals surface area contributed by atoms with Crippen LogP contribution in [-0.4, -0.2) is 24.7 Å². The maximum atomic E-state index is 12.2. The molecule has 1 aromatic carbocycles. The molecule has 1 aliphatic rings. The second kappa shape index (κ2) is 7.69. The summed E-state index contributed by atoms with van der Waals surface area (Å²) >= 11 is 0. The molecule has 0 aliphatic heterocycles. The number of anilines is 1. The van der Waals surface area contributed by atoms with Gasteiger partial charge in [0.2, 0.25) is 5.91 Å². The molecule has 2 rings (SSSR count). The first-order chi connectivity index (χ1) is 9.85. The van der Waals surface area contributed by atoms with Gasteiger partial charge in [0.15, 0.2) is 6.61 Å². The standard InChI is InChI=1S/C14H17F3N2O2.ClH/c15-14(16,17)8-21-12-4-2-1-3-11(12)19-13(20)9-5-6-10(18)7-9;/h1-4,9-10H,5-8,18H2,(H,19,20);1H. The first-order valence-electron chi connectivity index (χ1n) is 6.70. The largest absolute Gasteiger partial charge is 0.482 e. The van der Waals surface area contributed by atoms with Crippen LogP contribution in [0.2, 0.25) is 0 Å². The summed E-state index contributed by atoms with van der Waals surface area (Å²) in [6, 6.07) is 6.08. The number of nitrogens with one attached hydrogen (secondary N) is 1. The van der Waals surface area contributed by atoms with Gasteiger partial charge in [-0.2, -0.15) is 13.2 Å². The molecule has 2 atom stereocenters. The number of hydrogen-bond acceptors (Lipinski definition) is 3. The van der Waals surface area contributed by atoms with Gasteiger partial charge in [-0.3, -0.25) is 4.79 Å². The summed E-state index contributed by atoms with van der Waals surface area (Å²) in [5.74, 6) is -0.424. The lowest BCUT2D eigenvalue weighted by Gasteiger charge is -2.15. The van der Waals surface area contributed by atoms with Crippen molar-refractivity contribution >= 4 is 24.0 Å². The third-order valence-corrected chi connectivity index (χ3v) is 3.38. The fraction of sp³-hybridized carbons (Fsp3) is 0.500. The van der Waals surface area contributed by atoms with E-state index < -0.39 is 12.8 Å². The van der Waals surface area contributed by atoms with Gasteiger partial charge >= 0.3 is 6.18 Å². The monoisotopic (exact) mass is 338 g/mol. The summed E-state index contributed by atoms with van der Waals surface area (Å²) in [5, 5.41) is 2.62. The summed E-state index contributed by atoms with van der Waals surface area (Å²) in [7, 11) is 0. The van der Waals surface area contributed by atoms with Crippen LogP contribution < -0.4 is 15.8 Å². The Morgan fingerprint density at radius 1 is 1.32 bits per heavy atom. The second-order valence-corrected chi connectivity index (χ2v) is 5.16. The SMILES string of the molecule is Cl.NC1CCC(C(=O)Nc2ccccc2OCC(F)(F)F)C1. The quantitative estimate of drug-likeness (QED) is 0.886. The van der Waals surface area contributed by atoms with E-state index in [0.717, 1.165) is 6.42 Å². The Hall–Kier alpha value is -1.47. The molecule has 1 aromatic rings. The molecule has 124 valence electrons. The lowest BCUT2D eigenvalue weighted by atomic mass is 10.1. The minimum absolute atomic E-state index is 0. The average molecular weight is 339 g/mol. The van der Waals surface area contributed by atoms with Gasteiger partial charge in [-0.1, -0.05) is 12.1 Å². The number of alkyl halides is 3. The minimum Gasteiger partial charge on any atom is -0.482 e. The maximum Gasteiger partial charge on any atom is 0.422 e. The van der Waals surface area contributed by atoms with Gasteiger partial charge in [0.05, 0.1) is 5.69 Å². The maximum absolute atomic E-state index is 12.2. The summed E-state index contributed by atoms with van der Waals surface area (Å²) in [6.07, 6.45) is -2.35. The Balaban J connectivity index is 0.00000242. The van der Waals surface area contributed by atoms with Gasteiger partial charge in [0, 0.05) is 12.0 Å². The van der Waals surface area contributed by atoms with Gasteiger partial charge in [-0.25, -0.2) is 0 Å². The summed E-state index contributed by atoms with van der Waals surface area (Å²) in [6.45, 7) is -1.39. The van der Waals surface area contributed by atoms with Crippen LogP contribution in [-0.2, 0) is 4.79 Å². The molecule has 0 radical (unpaired) electrons. The van der Waals surface area contributed by atoms with Crippen molar-refractivity contribution in [2.45, 2.75) is 31.5 Å². The van der Waals surface area contributed by atoms with E-state index in [2.05, 4.69) is 5.32 Å². The molecular weight excluding hydrogens is 321 g/mol. The van der Waals surface area contributed by atoms with Gasteiger partial charge < -0.3 is 15.8 Å². The van der Waals surface area contributed by atoms with E-state index in [-0.39, 0.29) is 41.7 Å². The molecule has 0 spiro atoms. The van der Waals surface area contributed by atoms with E-state index in [1.54, 1.807) is 12.1 Å². The Bertz CT molecular complexity index is 511. The predicted molar refractivity (Wildman–Crippen MR) is 79.2 cm³/mol. The van der Waals surface area contributed by atoms with Crippen molar-refractivity contribution in [3.05, 3.63) is 24.3 Å². The highest BCUT2D eigenvalue weighted by Gasteiger charge is 2.30. The van der Waals surface area contributed by atoms with E-state index >= 15 is 0 Å². The number of para-hydroxylation sites is 2. The lowest BCUT2D eigenvalue weighted by Crippen LogP contribution is -2.24. The molecule has 4 nitrogen and oxygen atoms in total. The molecule has 1 aliphatic carbocycles. The van der Waals surface area contributed by atoms with E-state index in [1.807, 2.05) is 0 Å². The second-order valence-electron chi connectivity index (χ2n) is 5.16. The normalized spacial score (nSPS) is 21.1. The van der Waals surface area contributed by atoms with Crippen LogP contribution in [0.1, 0.15) is 19.3 Å². The molecule has 1 saturated carbocycles. The number of carbonyl (C=O) groups excluding carboxylic acids is 1. The van der Waals surface area contributed by atoms with E-state index in [4.69, 9.17) is 10.5 Å². The van der Waals surface area contributed by atoms with Crippen molar-refractivity contribution in [1.29, 1.82) is 0 Å². The Labute approximate surface area is 132 Å². The van der Waals surface area contributed by atoms with Crippen molar-refractivity contribution in [2.75, 3.05) is 11.9 Å². The van der Waals surface area contributed by atoms with Crippen molar-refractivity contribution < 1.29 is 22.7 Å². The molecule has 0 saturated heterocycles. The van der Waals surface area contributed by atoms with Gasteiger partial charge in [-0.05, 0) is 31.4 Å². The summed E-state index contributed by atoms with van der Waals surface area (Å²) in [5.41, 5.74) is 5.99. The summed E-state index contributed by atoms with van der Waals surface area (Å²) in [4.78, 5) is 12.1. The topological polar surface area (TPSA) is 64.4 Å². The average Bonchev–Trinajstić information content (AvgIpc) is 2.83. The van der Waals surface area contributed by atoms with Crippen LogP contribution in [0.5, 0.6) is 5.75 Å². The number of ether oxygens (including phenoxy) is 1. The van der Waals surface area contributed by atoms with Crippen LogP contribution >= 0.6 is 12.4 Å². The highest BCUT2D eigenvalue weighted by atomic mass is 35.5. The highest BCUT2D eigenvalue weighted by molar-refractivity contribution is 5.94. The Morgan fingerprint density at radius 2 is 2.00 bits per heavy atom. The highest BCUT2D eigenvalue weighted by Crippen LogP contribution is 2.29. The molecule has 1 fully saturated rings. The molecule has 0 bridgehead atoms. The number of rotatable bonds is 4. The molecule has 0 aromatic heterocycles. The smallest absolute Gasteiger partial charge is 0.422 e. The van der Waals surface area contributed by atoms with Crippen LogP contribution in [0, 0.1) is 5.92 Å². The molecule has 8 heteroatoms. The zero-order valence-electron chi connectivity index (χ0n) is 11.7. The zero-order valence-corrected chi connectivity index (χ0v) is 12.5. The van der Waals surface area contributed by atoms with E-state index in [0.29, 0.717) is 12.8 Å². The molecule has 1 amide bonds. The molecule has 2 unspecified atom stereocenters. The van der Waals surface area contributed by atoms with Crippen LogP contribution in [0.3, 0.4) is 0 Å². The van der Waals surface area contributed by atoms with Gasteiger partial charge in [-0.15, -0.1) is 12.4 Å². The fourth-order valence-corrected chi connectivity index (χ4v) is 2.34. The van der Waals surface area contributed by atoms with Crippen LogP contribution in [0.15, 0.2) is 24.3 Å². The lowest BCUT2D eigenvalue weighted by molar-refractivity contribution is -0.153. The number of nitrogens with two attached hydrogens (primary N) is 1.